The first-order chi connectivity index (χ1) is 7.63. The SMILES string of the molecule is CC(C)S(=O)(=O)N1CCCC(CC(C)(C)C)C1. The van der Waals surface area contributed by atoms with Crippen molar-refractivity contribution in [3.05, 3.63) is 0 Å². The summed E-state index contributed by atoms with van der Waals surface area (Å²) < 4.78 is 26.0. The van der Waals surface area contributed by atoms with E-state index in [9.17, 15) is 8.42 Å². The summed E-state index contributed by atoms with van der Waals surface area (Å²) >= 11 is 0. The van der Waals surface area contributed by atoms with Crippen molar-refractivity contribution in [2.45, 2.75) is 59.1 Å². The van der Waals surface area contributed by atoms with Crippen LogP contribution in [-0.2, 0) is 10.0 Å². The summed E-state index contributed by atoms with van der Waals surface area (Å²) in [5, 5.41) is -0.295. The predicted octanol–water partition coefficient (Wildman–Crippen LogP) is 2.87. The van der Waals surface area contributed by atoms with Gasteiger partial charge < -0.3 is 0 Å². The van der Waals surface area contributed by atoms with Crippen LogP contribution in [0.1, 0.15) is 53.9 Å². The molecular formula is C13H27NO2S. The third-order valence-corrected chi connectivity index (χ3v) is 5.58. The number of nitrogens with zero attached hydrogens (tertiary/aromatic N) is 1. The summed E-state index contributed by atoms with van der Waals surface area (Å²) in [5.41, 5.74) is 0.287. The molecule has 1 rings (SSSR count). The maximum absolute atomic E-state index is 12.1. The molecule has 1 atom stereocenters. The lowest BCUT2D eigenvalue weighted by Gasteiger charge is -2.35. The first kappa shape index (κ1) is 15.0. The van der Waals surface area contributed by atoms with Crippen LogP contribution in [0, 0.1) is 11.3 Å². The van der Waals surface area contributed by atoms with Gasteiger partial charge in [0.05, 0.1) is 5.25 Å². The first-order valence-corrected chi connectivity index (χ1v) is 8.12. The molecule has 0 radical (unpaired) electrons. The lowest BCUT2D eigenvalue weighted by molar-refractivity contribution is 0.200. The van der Waals surface area contributed by atoms with Crippen molar-refractivity contribution in [1.29, 1.82) is 0 Å². The van der Waals surface area contributed by atoms with E-state index >= 15 is 0 Å². The zero-order valence-electron chi connectivity index (χ0n) is 11.9. The molecule has 17 heavy (non-hydrogen) atoms. The van der Waals surface area contributed by atoms with Gasteiger partial charge in [-0.1, -0.05) is 20.8 Å². The van der Waals surface area contributed by atoms with Gasteiger partial charge in [-0.3, -0.25) is 0 Å². The third kappa shape index (κ3) is 4.25. The fraction of sp³-hybridized carbons (Fsp3) is 1.00. The topological polar surface area (TPSA) is 37.4 Å². The monoisotopic (exact) mass is 261 g/mol. The van der Waals surface area contributed by atoms with Crippen LogP contribution in [0.4, 0.5) is 0 Å². The van der Waals surface area contributed by atoms with E-state index in [1.165, 1.54) is 6.42 Å². The quantitative estimate of drug-likeness (QED) is 0.783. The summed E-state index contributed by atoms with van der Waals surface area (Å²) in [6.45, 7) is 11.6. The van der Waals surface area contributed by atoms with Gasteiger partial charge in [0.25, 0.3) is 0 Å². The standard InChI is InChI=1S/C13H27NO2S/c1-11(2)17(15,16)14-8-6-7-12(10-14)9-13(3,4)5/h11-12H,6-10H2,1-5H3. The molecule has 0 aromatic rings. The minimum atomic E-state index is -3.06. The summed E-state index contributed by atoms with van der Waals surface area (Å²) in [4.78, 5) is 0. The molecule has 0 amide bonds. The van der Waals surface area contributed by atoms with Gasteiger partial charge in [-0.25, -0.2) is 12.7 Å². The lowest BCUT2D eigenvalue weighted by Crippen LogP contribution is -2.43. The minimum Gasteiger partial charge on any atom is -0.212 e. The Bertz CT molecular complexity index is 341. The van der Waals surface area contributed by atoms with Gasteiger partial charge in [-0.15, -0.1) is 0 Å². The molecule has 1 saturated heterocycles. The van der Waals surface area contributed by atoms with E-state index in [4.69, 9.17) is 0 Å². The average Bonchev–Trinajstić information content (AvgIpc) is 2.15. The maximum Gasteiger partial charge on any atom is 0.216 e. The van der Waals surface area contributed by atoms with E-state index in [0.717, 1.165) is 19.4 Å². The summed E-state index contributed by atoms with van der Waals surface area (Å²) in [7, 11) is -3.06. The second-order valence-corrected chi connectivity index (χ2v) is 9.21. The molecule has 1 aliphatic heterocycles. The summed E-state index contributed by atoms with van der Waals surface area (Å²) in [6.07, 6.45) is 3.28. The Balaban J connectivity index is 2.68. The number of piperidine rings is 1. The Kier molecular flexibility index (Phi) is 4.64. The van der Waals surface area contributed by atoms with Crippen molar-refractivity contribution in [3.8, 4) is 0 Å². The molecule has 0 bridgehead atoms. The Morgan fingerprint density at radius 2 is 1.88 bits per heavy atom. The zero-order valence-corrected chi connectivity index (χ0v) is 12.7. The van der Waals surface area contributed by atoms with Crippen LogP contribution in [0.25, 0.3) is 0 Å². The molecule has 4 heteroatoms. The predicted molar refractivity (Wildman–Crippen MR) is 72.4 cm³/mol. The molecule has 0 N–H and O–H groups in total. The molecule has 1 aliphatic rings. The Morgan fingerprint density at radius 3 is 2.35 bits per heavy atom. The highest BCUT2D eigenvalue weighted by molar-refractivity contribution is 7.89. The van der Waals surface area contributed by atoms with E-state index in [1.54, 1.807) is 18.2 Å². The molecule has 1 unspecified atom stereocenters. The Labute approximate surface area is 107 Å². The Morgan fingerprint density at radius 1 is 1.29 bits per heavy atom. The molecule has 1 heterocycles. The van der Waals surface area contributed by atoms with Crippen LogP contribution < -0.4 is 0 Å². The highest BCUT2D eigenvalue weighted by atomic mass is 32.2. The maximum atomic E-state index is 12.1. The minimum absolute atomic E-state index is 0.287. The molecule has 0 aromatic heterocycles. The van der Waals surface area contributed by atoms with E-state index in [0.29, 0.717) is 12.5 Å². The van der Waals surface area contributed by atoms with Crippen LogP contribution in [0.3, 0.4) is 0 Å². The van der Waals surface area contributed by atoms with Gasteiger partial charge in [-0.2, -0.15) is 0 Å². The highest BCUT2D eigenvalue weighted by Crippen LogP contribution is 2.31. The lowest BCUT2D eigenvalue weighted by atomic mass is 9.81. The van der Waals surface area contributed by atoms with Gasteiger partial charge in [0.1, 0.15) is 0 Å². The summed E-state index contributed by atoms with van der Waals surface area (Å²) in [5.74, 6) is 0.525. The van der Waals surface area contributed by atoms with Crippen LogP contribution in [0.2, 0.25) is 0 Å². The molecule has 0 aromatic carbocycles. The smallest absolute Gasteiger partial charge is 0.212 e. The van der Waals surface area contributed by atoms with E-state index in [2.05, 4.69) is 20.8 Å². The van der Waals surface area contributed by atoms with Crippen molar-refractivity contribution in [2.75, 3.05) is 13.1 Å². The van der Waals surface area contributed by atoms with Crippen molar-refractivity contribution >= 4 is 10.0 Å². The van der Waals surface area contributed by atoms with E-state index < -0.39 is 10.0 Å². The number of sulfonamides is 1. The van der Waals surface area contributed by atoms with Crippen LogP contribution in [0.5, 0.6) is 0 Å². The zero-order chi connectivity index (χ0) is 13.3. The number of hydrogen-bond acceptors (Lipinski definition) is 2. The van der Waals surface area contributed by atoms with Gasteiger partial charge in [0.15, 0.2) is 0 Å². The van der Waals surface area contributed by atoms with Crippen molar-refractivity contribution in [1.82, 2.24) is 4.31 Å². The van der Waals surface area contributed by atoms with E-state index in [1.807, 2.05) is 0 Å². The molecule has 3 nitrogen and oxygen atoms in total. The largest absolute Gasteiger partial charge is 0.216 e. The molecule has 0 aliphatic carbocycles. The molecule has 1 fully saturated rings. The van der Waals surface area contributed by atoms with Gasteiger partial charge in [-0.05, 0) is 44.4 Å². The number of hydrogen-bond donors (Lipinski definition) is 0. The van der Waals surface area contributed by atoms with Gasteiger partial charge in [0.2, 0.25) is 10.0 Å². The fourth-order valence-corrected chi connectivity index (χ4v) is 3.99. The normalized spacial score (nSPS) is 24.2. The van der Waals surface area contributed by atoms with Gasteiger partial charge >= 0.3 is 0 Å². The van der Waals surface area contributed by atoms with Crippen LogP contribution >= 0.6 is 0 Å². The summed E-state index contributed by atoms with van der Waals surface area (Å²) in [6, 6.07) is 0. The third-order valence-electron chi connectivity index (χ3n) is 3.34. The second-order valence-electron chi connectivity index (χ2n) is 6.72. The van der Waals surface area contributed by atoms with Gasteiger partial charge in [0, 0.05) is 13.1 Å². The average molecular weight is 261 g/mol. The fourth-order valence-electron chi connectivity index (χ4n) is 2.59. The van der Waals surface area contributed by atoms with Crippen molar-refractivity contribution in [3.63, 3.8) is 0 Å². The van der Waals surface area contributed by atoms with Crippen LogP contribution in [-0.4, -0.2) is 31.1 Å². The first-order valence-electron chi connectivity index (χ1n) is 6.62. The van der Waals surface area contributed by atoms with Crippen LogP contribution in [0.15, 0.2) is 0 Å². The molecule has 102 valence electrons. The van der Waals surface area contributed by atoms with Crippen molar-refractivity contribution < 1.29 is 8.42 Å². The highest BCUT2D eigenvalue weighted by Gasteiger charge is 2.32. The number of rotatable bonds is 3. The Hall–Kier alpha value is -0.0900. The molecule has 0 spiro atoms. The van der Waals surface area contributed by atoms with E-state index in [-0.39, 0.29) is 10.7 Å². The molecular weight excluding hydrogens is 234 g/mol. The molecule has 0 saturated carbocycles. The van der Waals surface area contributed by atoms with Crippen molar-refractivity contribution in [2.24, 2.45) is 11.3 Å². The second kappa shape index (κ2) is 5.27.